The van der Waals surface area contributed by atoms with E-state index in [2.05, 4.69) is 62.6 Å². The Morgan fingerprint density at radius 2 is 1.39 bits per heavy atom. The van der Waals surface area contributed by atoms with Gasteiger partial charge in [-0.3, -0.25) is 4.99 Å². The van der Waals surface area contributed by atoms with Gasteiger partial charge in [-0.15, -0.1) is 0 Å². The maximum absolute atomic E-state index is 13.1. The molecular weight excluding hydrogens is 612 g/mol. The predicted octanol–water partition coefficient (Wildman–Crippen LogP) is 9.47. The van der Waals surface area contributed by atoms with Crippen LogP contribution >= 0.6 is 0 Å². The second kappa shape index (κ2) is 13.3. The number of hydrogen-bond acceptors (Lipinski definition) is 5. The van der Waals surface area contributed by atoms with Crippen molar-refractivity contribution in [2.24, 2.45) is 4.99 Å². The van der Waals surface area contributed by atoms with Gasteiger partial charge < -0.3 is 24.4 Å². The molecule has 1 aliphatic carbocycles. The third-order valence-electron chi connectivity index (χ3n) is 10.1. The van der Waals surface area contributed by atoms with Gasteiger partial charge in [0.2, 0.25) is 0 Å². The van der Waals surface area contributed by atoms with Crippen LogP contribution in [0.15, 0.2) is 21.8 Å². The van der Waals surface area contributed by atoms with Gasteiger partial charge in [0.05, 0.1) is 11.4 Å². The molecule has 264 valence electrons. The number of aliphatic imine (C=N–C) groups is 1. The van der Waals surface area contributed by atoms with E-state index in [0.717, 1.165) is 83.0 Å². The van der Waals surface area contributed by atoms with Gasteiger partial charge in [0.1, 0.15) is 22.6 Å². The Balaban J connectivity index is 1.48. The molecule has 0 saturated carbocycles. The molecule has 49 heavy (non-hydrogen) atoms. The summed E-state index contributed by atoms with van der Waals surface area (Å²) in [5, 5.41) is 0. The summed E-state index contributed by atoms with van der Waals surface area (Å²) in [6.07, 6.45) is 7.25. The first-order valence-electron chi connectivity index (χ1n) is 18.0. The van der Waals surface area contributed by atoms with Crippen molar-refractivity contribution in [2.75, 3.05) is 0 Å². The smallest absolute Gasteiger partial charge is 0.355 e. The van der Waals surface area contributed by atoms with Crippen LogP contribution in [0.1, 0.15) is 165 Å². The van der Waals surface area contributed by atoms with Gasteiger partial charge in [0.25, 0.3) is 0 Å². The fraction of sp³-hybridized carbons (Fsp3) is 0.537. The maximum Gasteiger partial charge on any atom is 0.355 e. The molecule has 8 nitrogen and oxygen atoms in total. The highest BCUT2D eigenvalue weighted by Gasteiger charge is 2.37. The summed E-state index contributed by atoms with van der Waals surface area (Å²) in [5.74, 6) is -0.507. The normalized spacial score (nSPS) is 17.3. The van der Waals surface area contributed by atoms with Crippen LogP contribution in [-0.4, -0.2) is 43.8 Å². The van der Waals surface area contributed by atoms with Crippen molar-refractivity contribution < 1.29 is 19.1 Å². The minimum atomic E-state index is -0.564. The second-order valence-corrected chi connectivity index (χ2v) is 15.7. The van der Waals surface area contributed by atoms with Gasteiger partial charge in [-0.05, 0) is 152 Å². The molecule has 2 aliphatic rings. The van der Waals surface area contributed by atoms with E-state index in [4.69, 9.17) is 14.5 Å². The molecule has 4 heterocycles. The standard InChI is InChI=1S/C41H56N4O4/c1-14-25-21(4)30(42-33(25)20-32-23(6)27(16-3)37(44-32)39(47)49-41(11,12)13)19-31-22(5)26(15-2)35(43-31)29-18-17-28-24(7)34(45-36(28)29)38(46)48-40(8,9)10/h19,29,42,44-45H,14-18,20H2,1-13H3/b31-19+. The van der Waals surface area contributed by atoms with E-state index >= 15 is 0 Å². The van der Waals surface area contributed by atoms with Crippen LogP contribution in [0, 0.1) is 20.8 Å². The fourth-order valence-electron chi connectivity index (χ4n) is 7.64. The minimum Gasteiger partial charge on any atom is -0.455 e. The molecule has 3 aromatic heterocycles. The molecular formula is C41H56N4O4. The molecule has 0 amide bonds. The number of ether oxygens (including phenoxy) is 2. The van der Waals surface area contributed by atoms with Gasteiger partial charge in [0.15, 0.2) is 0 Å². The number of carbonyl (C=O) groups excluding carboxylic acids is 2. The number of nitrogens with one attached hydrogen (secondary N) is 3. The fourth-order valence-corrected chi connectivity index (χ4v) is 7.64. The van der Waals surface area contributed by atoms with Gasteiger partial charge >= 0.3 is 11.9 Å². The topological polar surface area (TPSA) is 112 Å². The SMILES string of the molecule is CCC1=C(C)/C(=C\c2[nH]c(Cc3[nH]c(C(=O)OC(C)(C)C)c(CC)c3C)c(CC)c2C)N=C1C1CCc2c1[nH]c(C(=O)OC(C)(C)C)c2C. The van der Waals surface area contributed by atoms with Gasteiger partial charge in [-0.1, -0.05) is 20.8 Å². The highest BCUT2D eigenvalue weighted by Crippen LogP contribution is 2.43. The number of H-pyrrole nitrogens is 3. The largest absolute Gasteiger partial charge is 0.455 e. The Labute approximate surface area is 292 Å². The monoisotopic (exact) mass is 668 g/mol. The lowest BCUT2D eigenvalue weighted by Crippen LogP contribution is -2.24. The van der Waals surface area contributed by atoms with Crippen molar-refractivity contribution in [2.45, 2.75) is 146 Å². The summed E-state index contributed by atoms with van der Waals surface area (Å²) >= 11 is 0. The molecule has 0 spiro atoms. The Kier molecular flexibility index (Phi) is 9.85. The lowest BCUT2D eigenvalue weighted by Gasteiger charge is -2.19. The zero-order chi connectivity index (χ0) is 36.2. The summed E-state index contributed by atoms with van der Waals surface area (Å²) in [6.45, 7) is 26.3. The molecule has 1 atom stereocenters. The van der Waals surface area contributed by atoms with Crippen LogP contribution in [0.3, 0.4) is 0 Å². The summed E-state index contributed by atoms with van der Waals surface area (Å²) in [7, 11) is 0. The van der Waals surface area contributed by atoms with Crippen LogP contribution in [0.2, 0.25) is 0 Å². The predicted molar refractivity (Wildman–Crippen MR) is 198 cm³/mol. The van der Waals surface area contributed by atoms with Crippen LogP contribution in [0.25, 0.3) is 6.08 Å². The lowest BCUT2D eigenvalue weighted by atomic mass is 9.92. The Bertz CT molecular complexity index is 1890. The van der Waals surface area contributed by atoms with Crippen molar-refractivity contribution in [3.05, 3.63) is 84.4 Å². The van der Waals surface area contributed by atoms with Gasteiger partial charge in [-0.25, -0.2) is 9.59 Å². The average Bonchev–Trinajstić information content (AvgIpc) is 3.77. The summed E-state index contributed by atoms with van der Waals surface area (Å²) in [6, 6.07) is 0. The van der Waals surface area contributed by atoms with Crippen LogP contribution in [0.5, 0.6) is 0 Å². The number of aromatic nitrogens is 3. The van der Waals surface area contributed by atoms with Crippen molar-refractivity contribution in [3.8, 4) is 0 Å². The molecule has 3 aromatic rings. The molecule has 0 aromatic carbocycles. The van der Waals surface area contributed by atoms with E-state index in [1.165, 1.54) is 27.8 Å². The summed E-state index contributed by atoms with van der Waals surface area (Å²) < 4.78 is 11.4. The van der Waals surface area contributed by atoms with E-state index < -0.39 is 11.2 Å². The van der Waals surface area contributed by atoms with Crippen LogP contribution in [-0.2, 0) is 35.2 Å². The molecule has 0 fully saturated rings. The Morgan fingerprint density at radius 3 is 1.96 bits per heavy atom. The van der Waals surface area contributed by atoms with E-state index in [1.807, 2.05) is 48.5 Å². The van der Waals surface area contributed by atoms with Gasteiger partial charge in [-0.2, -0.15) is 0 Å². The second-order valence-electron chi connectivity index (χ2n) is 15.7. The number of fused-ring (bicyclic) bond motifs is 1. The summed E-state index contributed by atoms with van der Waals surface area (Å²) in [4.78, 5) is 42.1. The molecule has 0 saturated heterocycles. The molecule has 5 rings (SSSR count). The van der Waals surface area contributed by atoms with Gasteiger partial charge in [0, 0.05) is 35.1 Å². The van der Waals surface area contributed by atoms with Crippen molar-refractivity contribution in [1.29, 1.82) is 0 Å². The maximum atomic E-state index is 13.1. The summed E-state index contributed by atoms with van der Waals surface area (Å²) in [5.41, 5.74) is 15.7. The number of esters is 2. The first-order valence-corrected chi connectivity index (χ1v) is 18.0. The number of hydrogen-bond donors (Lipinski definition) is 3. The van der Waals surface area contributed by atoms with Crippen molar-refractivity contribution in [3.63, 3.8) is 0 Å². The molecule has 1 unspecified atom stereocenters. The highest BCUT2D eigenvalue weighted by molar-refractivity contribution is 6.10. The molecule has 0 bridgehead atoms. The number of allylic oxidation sites excluding steroid dienone is 2. The van der Waals surface area contributed by atoms with E-state index in [0.29, 0.717) is 17.8 Å². The van der Waals surface area contributed by atoms with E-state index in [1.54, 1.807) is 0 Å². The molecule has 8 heteroatoms. The average molecular weight is 669 g/mol. The third kappa shape index (κ3) is 7.01. The number of aromatic amines is 3. The zero-order valence-corrected chi connectivity index (χ0v) is 32.0. The first kappa shape index (κ1) is 36.2. The number of carbonyl (C=O) groups is 2. The third-order valence-corrected chi connectivity index (χ3v) is 10.1. The van der Waals surface area contributed by atoms with Crippen molar-refractivity contribution >= 4 is 23.7 Å². The Morgan fingerprint density at radius 1 is 0.776 bits per heavy atom. The number of nitrogens with zero attached hydrogens (tertiary/aromatic N) is 1. The van der Waals surface area contributed by atoms with Crippen LogP contribution < -0.4 is 0 Å². The highest BCUT2D eigenvalue weighted by atomic mass is 16.6. The van der Waals surface area contributed by atoms with Crippen LogP contribution in [0.4, 0.5) is 0 Å². The van der Waals surface area contributed by atoms with E-state index in [9.17, 15) is 9.59 Å². The van der Waals surface area contributed by atoms with E-state index in [-0.39, 0.29) is 17.9 Å². The van der Waals surface area contributed by atoms with Crippen molar-refractivity contribution in [1.82, 2.24) is 15.0 Å². The minimum absolute atomic E-state index is 0.106. The number of rotatable bonds is 9. The Hall–Kier alpha value is -4.07. The first-order chi connectivity index (χ1) is 22.9. The molecule has 0 radical (unpaired) electrons. The molecule has 1 aliphatic heterocycles. The zero-order valence-electron chi connectivity index (χ0n) is 32.0. The lowest BCUT2D eigenvalue weighted by molar-refractivity contribution is 0.00499. The molecule has 3 N–H and O–H groups in total. The quantitative estimate of drug-likeness (QED) is 0.197.